The molecule has 0 atom stereocenters. The Bertz CT molecular complexity index is 443. The van der Waals surface area contributed by atoms with Gasteiger partial charge in [-0.05, 0) is 37.5 Å². The molecule has 0 bridgehead atoms. The van der Waals surface area contributed by atoms with Crippen LogP contribution in [0, 0.1) is 6.92 Å². The second kappa shape index (κ2) is 6.64. The maximum atomic E-state index is 11.6. The van der Waals surface area contributed by atoms with Crippen molar-refractivity contribution in [3.63, 3.8) is 0 Å². The summed E-state index contributed by atoms with van der Waals surface area (Å²) in [4.78, 5) is 21.8. The number of carboxylic acid groups (broad SMARTS) is 1. The van der Waals surface area contributed by atoms with Crippen molar-refractivity contribution < 1.29 is 19.8 Å². The summed E-state index contributed by atoms with van der Waals surface area (Å²) >= 11 is 0. The number of nitrogens with one attached hydrogen (secondary N) is 1. The predicted octanol–water partition coefficient (Wildman–Crippen LogP) is 2.28. The molecule has 18 heavy (non-hydrogen) atoms. The molecule has 0 aliphatic rings. The van der Waals surface area contributed by atoms with Crippen molar-refractivity contribution in [2.24, 2.45) is 0 Å². The number of carbonyl (C=O) groups excluding carboxylic acids is 1. The lowest BCUT2D eigenvalue weighted by atomic mass is 10.1. The number of amides is 1. The van der Waals surface area contributed by atoms with Gasteiger partial charge in [0.1, 0.15) is 5.75 Å². The maximum Gasteiger partial charge on any atom is 0.303 e. The van der Waals surface area contributed by atoms with Gasteiger partial charge in [0, 0.05) is 12.8 Å². The molecular formula is C13H17NO4. The Morgan fingerprint density at radius 3 is 2.56 bits per heavy atom. The lowest BCUT2D eigenvalue weighted by Crippen LogP contribution is -2.11. The molecular weight excluding hydrogens is 234 g/mol. The van der Waals surface area contributed by atoms with Crippen LogP contribution in [0.25, 0.3) is 0 Å². The summed E-state index contributed by atoms with van der Waals surface area (Å²) in [6, 6.07) is 4.96. The topological polar surface area (TPSA) is 86.6 Å². The zero-order valence-corrected chi connectivity index (χ0v) is 10.3. The molecule has 0 aliphatic heterocycles. The lowest BCUT2D eigenvalue weighted by Gasteiger charge is -2.07. The number of phenolic OH excluding ortho intramolecular Hbond substituents is 1. The minimum absolute atomic E-state index is 0.0273. The number of unbranched alkanes of at least 4 members (excludes halogenated alkanes) is 1. The molecule has 5 heteroatoms. The Labute approximate surface area is 105 Å². The number of aliphatic carboxylic acids is 1. The van der Waals surface area contributed by atoms with E-state index in [-0.39, 0.29) is 24.5 Å². The van der Waals surface area contributed by atoms with Crippen LogP contribution in [-0.4, -0.2) is 22.1 Å². The van der Waals surface area contributed by atoms with Crippen molar-refractivity contribution in [2.75, 3.05) is 5.32 Å². The molecule has 0 radical (unpaired) electrons. The Hall–Kier alpha value is -2.04. The number of carboxylic acids is 1. The number of carbonyl (C=O) groups is 2. The highest BCUT2D eigenvalue weighted by atomic mass is 16.4. The number of hydrogen-bond donors (Lipinski definition) is 3. The SMILES string of the molecule is Cc1ccc(O)c(NC(=O)CCCCC(=O)O)c1. The van der Waals surface area contributed by atoms with Crippen LogP contribution >= 0.6 is 0 Å². The smallest absolute Gasteiger partial charge is 0.303 e. The first-order valence-electron chi connectivity index (χ1n) is 5.80. The third-order valence-electron chi connectivity index (χ3n) is 2.47. The number of rotatable bonds is 6. The van der Waals surface area contributed by atoms with Crippen LogP contribution in [-0.2, 0) is 9.59 Å². The highest BCUT2D eigenvalue weighted by Crippen LogP contribution is 2.24. The molecule has 1 aromatic carbocycles. The van der Waals surface area contributed by atoms with Crippen molar-refractivity contribution >= 4 is 17.6 Å². The van der Waals surface area contributed by atoms with E-state index >= 15 is 0 Å². The van der Waals surface area contributed by atoms with Gasteiger partial charge in [-0.25, -0.2) is 0 Å². The molecule has 1 rings (SSSR count). The van der Waals surface area contributed by atoms with Crippen LogP contribution in [0.2, 0.25) is 0 Å². The predicted molar refractivity (Wildman–Crippen MR) is 67.6 cm³/mol. The minimum Gasteiger partial charge on any atom is -0.506 e. The highest BCUT2D eigenvalue weighted by molar-refractivity contribution is 5.92. The molecule has 0 unspecified atom stereocenters. The number of phenols is 1. The second-order valence-corrected chi connectivity index (χ2v) is 4.17. The van der Waals surface area contributed by atoms with Crippen LogP contribution in [0.4, 0.5) is 5.69 Å². The van der Waals surface area contributed by atoms with E-state index in [1.807, 2.05) is 6.92 Å². The Morgan fingerprint density at radius 2 is 1.89 bits per heavy atom. The summed E-state index contributed by atoms with van der Waals surface area (Å²) in [5.41, 5.74) is 1.33. The maximum absolute atomic E-state index is 11.6. The first kappa shape index (κ1) is 14.0. The van der Waals surface area contributed by atoms with E-state index in [1.165, 1.54) is 6.07 Å². The van der Waals surface area contributed by atoms with E-state index in [2.05, 4.69) is 5.32 Å². The average molecular weight is 251 g/mol. The highest BCUT2D eigenvalue weighted by Gasteiger charge is 2.07. The monoisotopic (exact) mass is 251 g/mol. The van der Waals surface area contributed by atoms with Crippen LogP contribution in [0.3, 0.4) is 0 Å². The Balaban J connectivity index is 2.40. The third-order valence-corrected chi connectivity index (χ3v) is 2.47. The number of aryl methyl sites for hydroxylation is 1. The summed E-state index contributed by atoms with van der Waals surface area (Å²) in [5, 5.41) is 20.6. The zero-order valence-electron chi connectivity index (χ0n) is 10.3. The molecule has 98 valence electrons. The molecule has 3 N–H and O–H groups in total. The lowest BCUT2D eigenvalue weighted by molar-refractivity contribution is -0.137. The van der Waals surface area contributed by atoms with Crippen LogP contribution in [0.5, 0.6) is 5.75 Å². The standard InChI is InChI=1S/C13H17NO4/c1-9-6-7-11(15)10(8-9)14-12(16)4-2-3-5-13(17)18/h6-8,15H,2-5H2,1H3,(H,14,16)(H,17,18). The van der Waals surface area contributed by atoms with E-state index in [1.54, 1.807) is 12.1 Å². The number of benzene rings is 1. The quantitative estimate of drug-likeness (QED) is 0.534. The van der Waals surface area contributed by atoms with Crippen molar-refractivity contribution in [3.8, 4) is 5.75 Å². The molecule has 0 saturated heterocycles. The van der Waals surface area contributed by atoms with E-state index in [0.29, 0.717) is 18.5 Å². The van der Waals surface area contributed by atoms with Gasteiger partial charge in [0.05, 0.1) is 5.69 Å². The molecule has 5 nitrogen and oxygen atoms in total. The van der Waals surface area contributed by atoms with E-state index in [4.69, 9.17) is 5.11 Å². The Morgan fingerprint density at radius 1 is 1.22 bits per heavy atom. The molecule has 1 aromatic rings. The van der Waals surface area contributed by atoms with E-state index in [0.717, 1.165) is 5.56 Å². The first-order valence-corrected chi connectivity index (χ1v) is 5.80. The molecule has 0 saturated carbocycles. The van der Waals surface area contributed by atoms with E-state index in [9.17, 15) is 14.7 Å². The summed E-state index contributed by atoms with van der Waals surface area (Å²) in [6.07, 6.45) is 1.32. The Kier molecular flexibility index (Phi) is 5.17. The number of hydrogen-bond acceptors (Lipinski definition) is 3. The van der Waals surface area contributed by atoms with Crippen LogP contribution < -0.4 is 5.32 Å². The van der Waals surface area contributed by atoms with Crippen LogP contribution in [0.15, 0.2) is 18.2 Å². The van der Waals surface area contributed by atoms with Gasteiger partial charge < -0.3 is 15.5 Å². The van der Waals surface area contributed by atoms with Gasteiger partial charge in [0.2, 0.25) is 5.91 Å². The summed E-state index contributed by atoms with van der Waals surface area (Å²) < 4.78 is 0. The third kappa shape index (κ3) is 4.86. The van der Waals surface area contributed by atoms with Gasteiger partial charge in [0.15, 0.2) is 0 Å². The fourth-order valence-corrected chi connectivity index (χ4v) is 1.52. The van der Waals surface area contributed by atoms with Crippen molar-refractivity contribution in [1.29, 1.82) is 0 Å². The molecule has 0 heterocycles. The fourth-order valence-electron chi connectivity index (χ4n) is 1.52. The molecule has 0 aliphatic carbocycles. The minimum atomic E-state index is -0.855. The van der Waals surface area contributed by atoms with Crippen molar-refractivity contribution in [3.05, 3.63) is 23.8 Å². The number of anilines is 1. The first-order chi connectivity index (χ1) is 8.49. The van der Waals surface area contributed by atoms with Crippen LogP contribution in [0.1, 0.15) is 31.2 Å². The zero-order chi connectivity index (χ0) is 13.5. The van der Waals surface area contributed by atoms with Gasteiger partial charge in [-0.2, -0.15) is 0 Å². The van der Waals surface area contributed by atoms with Crippen molar-refractivity contribution in [2.45, 2.75) is 32.6 Å². The van der Waals surface area contributed by atoms with Gasteiger partial charge in [0.25, 0.3) is 0 Å². The molecule has 1 amide bonds. The largest absolute Gasteiger partial charge is 0.506 e. The summed E-state index contributed by atoms with van der Waals surface area (Å²) in [5.74, 6) is -1.05. The fraction of sp³-hybridized carbons (Fsp3) is 0.385. The van der Waals surface area contributed by atoms with Crippen molar-refractivity contribution in [1.82, 2.24) is 0 Å². The van der Waals surface area contributed by atoms with Gasteiger partial charge in [-0.1, -0.05) is 6.07 Å². The molecule has 0 aromatic heterocycles. The second-order valence-electron chi connectivity index (χ2n) is 4.17. The summed E-state index contributed by atoms with van der Waals surface area (Å²) in [7, 11) is 0. The number of aromatic hydroxyl groups is 1. The van der Waals surface area contributed by atoms with E-state index < -0.39 is 5.97 Å². The van der Waals surface area contributed by atoms with Gasteiger partial charge in [-0.15, -0.1) is 0 Å². The molecule has 0 spiro atoms. The summed E-state index contributed by atoms with van der Waals surface area (Å²) in [6.45, 7) is 1.86. The normalized spacial score (nSPS) is 10.1. The van der Waals surface area contributed by atoms with Gasteiger partial charge >= 0.3 is 5.97 Å². The average Bonchev–Trinajstić information content (AvgIpc) is 2.29. The van der Waals surface area contributed by atoms with Gasteiger partial charge in [-0.3, -0.25) is 9.59 Å². The molecule has 0 fully saturated rings.